The van der Waals surface area contributed by atoms with Crippen LogP contribution in [0.4, 0.5) is 17.6 Å². The molecule has 0 N–H and O–H groups in total. The lowest BCUT2D eigenvalue weighted by atomic mass is 10.1. The van der Waals surface area contributed by atoms with E-state index >= 15 is 0 Å². The second-order valence-corrected chi connectivity index (χ2v) is 4.29. The molecule has 0 saturated heterocycles. The smallest absolute Gasteiger partial charge is 0.424 e. The summed E-state index contributed by atoms with van der Waals surface area (Å²) in [6.07, 6.45) is -3.81. The van der Waals surface area contributed by atoms with Crippen LogP contribution in [0.2, 0.25) is 0 Å². The average Bonchev–Trinajstić information content (AvgIpc) is 2.80. The lowest BCUT2D eigenvalue weighted by molar-refractivity contribution is -0.141. The Morgan fingerprint density at radius 3 is 2.56 bits per heavy atom. The summed E-state index contributed by atoms with van der Waals surface area (Å²) < 4.78 is 56.7. The normalized spacial score (nSPS) is 11.6. The van der Waals surface area contributed by atoms with Gasteiger partial charge in [0.1, 0.15) is 0 Å². The molecule has 0 aliphatic heterocycles. The van der Waals surface area contributed by atoms with E-state index in [9.17, 15) is 17.6 Å². The van der Waals surface area contributed by atoms with E-state index in [1.807, 2.05) is 0 Å². The van der Waals surface area contributed by atoms with Gasteiger partial charge in [-0.1, -0.05) is 6.07 Å². The van der Waals surface area contributed by atoms with Crippen LogP contribution in [0.5, 0.6) is 5.88 Å². The second kappa shape index (κ2) is 4.56. The fourth-order valence-electron chi connectivity index (χ4n) is 1.48. The zero-order valence-corrected chi connectivity index (χ0v) is 9.90. The summed E-state index contributed by atoms with van der Waals surface area (Å²) in [7, 11) is 1.02. The lowest BCUT2D eigenvalue weighted by Gasteiger charge is -2.13. The molecule has 2 nitrogen and oxygen atoms in total. The molecule has 96 valence electrons. The first kappa shape index (κ1) is 12.8. The maximum Gasteiger partial charge on any atom is 0.424 e. The van der Waals surface area contributed by atoms with Gasteiger partial charge in [0.25, 0.3) is 0 Å². The van der Waals surface area contributed by atoms with Crippen molar-refractivity contribution in [2.45, 2.75) is 6.18 Å². The highest BCUT2D eigenvalue weighted by Gasteiger charge is 2.40. The van der Waals surface area contributed by atoms with Gasteiger partial charge >= 0.3 is 6.18 Å². The Morgan fingerprint density at radius 2 is 2.06 bits per heavy atom. The number of rotatable bonds is 2. The Kier molecular flexibility index (Phi) is 3.25. The van der Waals surface area contributed by atoms with Crippen LogP contribution in [-0.2, 0) is 6.18 Å². The van der Waals surface area contributed by atoms with E-state index in [4.69, 9.17) is 0 Å². The third-order valence-corrected chi connectivity index (χ3v) is 3.15. The lowest BCUT2D eigenvalue weighted by Crippen LogP contribution is -2.12. The van der Waals surface area contributed by atoms with Crippen molar-refractivity contribution >= 4 is 11.3 Å². The molecule has 0 atom stereocenters. The number of thiophene rings is 1. The topological polar surface area (TPSA) is 22.1 Å². The fraction of sp³-hybridized carbons (Fsp3) is 0.182. The van der Waals surface area contributed by atoms with Crippen molar-refractivity contribution in [3.8, 4) is 16.3 Å². The Balaban J connectivity index is 2.67. The van der Waals surface area contributed by atoms with Gasteiger partial charge in [0.05, 0.1) is 7.11 Å². The monoisotopic (exact) mass is 277 g/mol. The first-order valence-electron chi connectivity index (χ1n) is 4.78. The van der Waals surface area contributed by atoms with Gasteiger partial charge in [0, 0.05) is 16.6 Å². The molecule has 0 unspecified atom stereocenters. The predicted molar refractivity (Wildman–Crippen MR) is 59.1 cm³/mol. The highest BCUT2D eigenvalue weighted by molar-refractivity contribution is 7.13. The minimum atomic E-state index is -4.85. The van der Waals surface area contributed by atoms with Crippen molar-refractivity contribution in [3.05, 3.63) is 35.1 Å². The molecular formula is C11H7F4NOS. The largest absolute Gasteiger partial charge is 0.480 e. The van der Waals surface area contributed by atoms with Crippen molar-refractivity contribution in [3.63, 3.8) is 0 Å². The van der Waals surface area contributed by atoms with E-state index in [0.29, 0.717) is 4.88 Å². The third-order valence-electron chi connectivity index (χ3n) is 2.24. The number of methoxy groups -OCH3 is 1. The van der Waals surface area contributed by atoms with E-state index < -0.39 is 23.4 Å². The van der Waals surface area contributed by atoms with Gasteiger partial charge in [-0.25, -0.2) is 9.37 Å². The number of alkyl halides is 3. The molecule has 2 heterocycles. The molecule has 2 aromatic heterocycles. The average molecular weight is 277 g/mol. The fourth-order valence-corrected chi connectivity index (χ4v) is 2.21. The maximum atomic E-state index is 13.9. The molecular weight excluding hydrogens is 270 g/mol. The third kappa shape index (κ3) is 2.17. The molecule has 0 amide bonds. The number of pyridine rings is 1. The minimum Gasteiger partial charge on any atom is -0.480 e. The van der Waals surface area contributed by atoms with E-state index in [0.717, 1.165) is 24.6 Å². The Labute approximate surface area is 104 Å². The molecule has 2 rings (SSSR count). The van der Waals surface area contributed by atoms with Crippen molar-refractivity contribution in [2.24, 2.45) is 0 Å². The summed E-state index contributed by atoms with van der Waals surface area (Å²) in [4.78, 5) is 3.89. The standard InChI is InChI=1S/C11H7F4NOS/c1-17-10-8(11(13,14)15)9(12)6(5-16-10)7-3-2-4-18-7/h2-5H,1H3. The zero-order chi connectivity index (χ0) is 13.3. The second-order valence-electron chi connectivity index (χ2n) is 3.35. The van der Waals surface area contributed by atoms with Crippen LogP contribution in [-0.4, -0.2) is 12.1 Å². The quantitative estimate of drug-likeness (QED) is 0.775. The van der Waals surface area contributed by atoms with E-state index in [2.05, 4.69) is 9.72 Å². The van der Waals surface area contributed by atoms with Crippen LogP contribution >= 0.6 is 11.3 Å². The summed E-state index contributed by atoms with van der Waals surface area (Å²) in [6, 6.07) is 3.15. The van der Waals surface area contributed by atoms with Crippen LogP contribution in [0.1, 0.15) is 5.56 Å². The molecule has 2 aromatic rings. The van der Waals surface area contributed by atoms with Gasteiger partial charge in [-0.15, -0.1) is 11.3 Å². The number of halogens is 4. The van der Waals surface area contributed by atoms with Crippen molar-refractivity contribution in [1.82, 2.24) is 4.98 Å². The van der Waals surface area contributed by atoms with Crippen molar-refractivity contribution in [2.75, 3.05) is 7.11 Å². The maximum absolute atomic E-state index is 13.9. The number of hydrogen-bond acceptors (Lipinski definition) is 3. The van der Waals surface area contributed by atoms with E-state index in [1.54, 1.807) is 11.4 Å². The van der Waals surface area contributed by atoms with E-state index in [-0.39, 0.29) is 5.56 Å². The van der Waals surface area contributed by atoms with Crippen LogP contribution in [0.3, 0.4) is 0 Å². The Morgan fingerprint density at radius 1 is 1.33 bits per heavy atom. The molecule has 0 bridgehead atoms. The first-order valence-corrected chi connectivity index (χ1v) is 5.66. The van der Waals surface area contributed by atoms with Gasteiger partial charge in [-0.05, 0) is 11.4 Å². The summed E-state index contributed by atoms with van der Waals surface area (Å²) in [5.41, 5.74) is -1.66. The SMILES string of the molecule is COc1ncc(-c2cccs2)c(F)c1C(F)(F)F. The molecule has 0 aromatic carbocycles. The molecule has 18 heavy (non-hydrogen) atoms. The Hall–Kier alpha value is -1.63. The summed E-state index contributed by atoms with van der Waals surface area (Å²) in [6.45, 7) is 0. The van der Waals surface area contributed by atoms with Crippen molar-refractivity contribution in [1.29, 1.82) is 0 Å². The van der Waals surface area contributed by atoms with Crippen LogP contribution < -0.4 is 4.74 Å². The molecule has 0 fully saturated rings. The van der Waals surface area contributed by atoms with Gasteiger partial charge in [0.15, 0.2) is 11.4 Å². The molecule has 0 aliphatic carbocycles. The van der Waals surface area contributed by atoms with E-state index in [1.165, 1.54) is 6.07 Å². The molecule has 0 radical (unpaired) electrons. The zero-order valence-electron chi connectivity index (χ0n) is 9.08. The number of hydrogen-bond donors (Lipinski definition) is 0. The molecule has 0 aliphatic rings. The van der Waals surface area contributed by atoms with Gasteiger partial charge in [0.2, 0.25) is 5.88 Å². The summed E-state index contributed by atoms with van der Waals surface area (Å²) in [5.74, 6) is -2.13. The van der Waals surface area contributed by atoms with Gasteiger partial charge in [-0.3, -0.25) is 0 Å². The number of ether oxygens (including phenoxy) is 1. The highest BCUT2D eigenvalue weighted by atomic mass is 32.1. The highest BCUT2D eigenvalue weighted by Crippen LogP contribution is 2.40. The van der Waals surface area contributed by atoms with Crippen LogP contribution in [0.25, 0.3) is 10.4 Å². The molecule has 0 spiro atoms. The number of nitrogens with zero attached hydrogens (tertiary/aromatic N) is 1. The summed E-state index contributed by atoms with van der Waals surface area (Å²) in [5, 5.41) is 1.65. The van der Waals surface area contributed by atoms with Gasteiger partial charge in [-0.2, -0.15) is 13.2 Å². The van der Waals surface area contributed by atoms with Gasteiger partial charge < -0.3 is 4.74 Å². The predicted octanol–water partition coefficient (Wildman–Crippen LogP) is 3.98. The first-order chi connectivity index (χ1) is 8.45. The van der Waals surface area contributed by atoms with Crippen LogP contribution in [0, 0.1) is 5.82 Å². The molecule has 0 saturated carbocycles. The minimum absolute atomic E-state index is 0.182. The summed E-state index contributed by atoms with van der Waals surface area (Å²) >= 11 is 1.13. The molecule has 7 heteroatoms. The van der Waals surface area contributed by atoms with Crippen LogP contribution in [0.15, 0.2) is 23.7 Å². The Bertz CT molecular complexity index is 551. The number of aromatic nitrogens is 1. The van der Waals surface area contributed by atoms with Crippen molar-refractivity contribution < 1.29 is 22.3 Å².